The Labute approximate surface area is 219 Å². The SMILES string of the molecule is Cc1ccc(-c2ccnc3c2c(C)nn3CC(=O)Nc2nn(Cc3ccc(Br)cc3)cc2Br)cc1. The summed E-state index contributed by atoms with van der Waals surface area (Å²) >= 11 is 6.95. The first-order valence-corrected chi connectivity index (χ1v) is 12.6. The molecular weight excluding hydrogens is 572 g/mol. The van der Waals surface area contributed by atoms with Gasteiger partial charge in [-0.3, -0.25) is 9.48 Å². The van der Waals surface area contributed by atoms with E-state index < -0.39 is 0 Å². The molecule has 0 saturated carbocycles. The van der Waals surface area contributed by atoms with Gasteiger partial charge in [0, 0.05) is 22.3 Å². The van der Waals surface area contributed by atoms with Crippen molar-refractivity contribution in [1.29, 1.82) is 0 Å². The van der Waals surface area contributed by atoms with Gasteiger partial charge in [-0.1, -0.05) is 57.9 Å². The lowest BCUT2D eigenvalue weighted by atomic mass is 10.0. The minimum atomic E-state index is -0.230. The van der Waals surface area contributed by atoms with Crippen molar-refractivity contribution in [2.75, 3.05) is 5.32 Å². The molecule has 0 bridgehead atoms. The predicted octanol–water partition coefficient (Wildman–Crippen LogP) is 6.12. The second kappa shape index (κ2) is 9.75. The zero-order chi connectivity index (χ0) is 24.5. The smallest absolute Gasteiger partial charge is 0.247 e. The molecule has 2 aromatic carbocycles. The van der Waals surface area contributed by atoms with Crippen molar-refractivity contribution in [1.82, 2.24) is 24.5 Å². The lowest BCUT2D eigenvalue weighted by Gasteiger charge is -2.06. The fourth-order valence-corrected chi connectivity index (χ4v) is 4.69. The van der Waals surface area contributed by atoms with Crippen molar-refractivity contribution in [3.8, 4) is 11.1 Å². The minimum absolute atomic E-state index is 0.0285. The molecule has 176 valence electrons. The Morgan fingerprint density at radius 1 is 0.971 bits per heavy atom. The molecule has 1 N–H and O–H groups in total. The van der Waals surface area contributed by atoms with Crippen molar-refractivity contribution < 1.29 is 4.79 Å². The maximum absolute atomic E-state index is 12.9. The van der Waals surface area contributed by atoms with Gasteiger partial charge in [0.2, 0.25) is 5.91 Å². The molecule has 9 heteroatoms. The Hall–Kier alpha value is -3.30. The number of aromatic nitrogens is 5. The first-order chi connectivity index (χ1) is 16.9. The highest BCUT2D eigenvalue weighted by Crippen LogP contribution is 2.30. The van der Waals surface area contributed by atoms with Crippen LogP contribution in [0.25, 0.3) is 22.2 Å². The van der Waals surface area contributed by atoms with Gasteiger partial charge in [-0.2, -0.15) is 10.2 Å². The molecule has 5 aromatic rings. The standard InChI is InChI=1S/C26H22Br2N6O/c1-16-3-7-19(8-4-16)21-11-12-29-26-24(21)17(2)31-34(26)15-23(35)30-25-22(28)14-33(32-25)13-18-5-9-20(27)10-6-18/h3-12,14H,13,15H2,1-2H3,(H,30,32,35). The highest BCUT2D eigenvalue weighted by Gasteiger charge is 2.17. The number of anilines is 1. The van der Waals surface area contributed by atoms with Gasteiger partial charge < -0.3 is 5.32 Å². The lowest BCUT2D eigenvalue weighted by Crippen LogP contribution is -2.20. The maximum Gasteiger partial charge on any atom is 0.247 e. The fraction of sp³-hybridized carbons (Fsp3) is 0.154. The molecule has 3 aromatic heterocycles. The summed E-state index contributed by atoms with van der Waals surface area (Å²) in [5.74, 6) is 0.236. The molecule has 7 nitrogen and oxygen atoms in total. The largest absolute Gasteiger partial charge is 0.307 e. The number of halogens is 2. The topological polar surface area (TPSA) is 77.6 Å². The van der Waals surface area contributed by atoms with Crippen molar-refractivity contribution >= 4 is 54.6 Å². The number of hydrogen-bond donors (Lipinski definition) is 1. The molecule has 1 amide bonds. The highest BCUT2D eigenvalue weighted by atomic mass is 79.9. The number of rotatable bonds is 6. The van der Waals surface area contributed by atoms with E-state index in [4.69, 9.17) is 0 Å². The monoisotopic (exact) mass is 592 g/mol. The molecular formula is C26H22Br2N6O. The van der Waals surface area contributed by atoms with E-state index in [0.717, 1.165) is 32.2 Å². The quantitative estimate of drug-likeness (QED) is 0.257. The van der Waals surface area contributed by atoms with Gasteiger partial charge in [0.15, 0.2) is 11.5 Å². The molecule has 35 heavy (non-hydrogen) atoms. The Kier molecular flexibility index (Phi) is 6.53. The average molecular weight is 594 g/mol. The molecule has 0 aliphatic heterocycles. The number of hydrogen-bond acceptors (Lipinski definition) is 4. The van der Waals surface area contributed by atoms with E-state index >= 15 is 0 Å². The number of nitrogens with zero attached hydrogens (tertiary/aromatic N) is 5. The van der Waals surface area contributed by atoms with Crippen LogP contribution in [0.1, 0.15) is 16.8 Å². The number of amides is 1. The summed E-state index contributed by atoms with van der Waals surface area (Å²) in [4.78, 5) is 17.4. The summed E-state index contributed by atoms with van der Waals surface area (Å²) < 4.78 is 5.16. The zero-order valence-corrected chi connectivity index (χ0v) is 22.3. The van der Waals surface area contributed by atoms with Crippen molar-refractivity contribution in [2.45, 2.75) is 26.9 Å². The molecule has 0 saturated heterocycles. The van der Waals surface area contributed by atoms with Crippen molar-refractivity contribution in [2.24, 2.45) is 0 Å². The summed E-state index contributed by atoms with van der Waals surface area (Å²) in [6, 6.07) is 18.4. The molecule has 5 rings (SSSR count). The van der Waals surface area contributed by atoms with Gasteiger partial charge in [-0.05, 0) is 64.7 Å². The predicted molar refractivity (Wildman–Crippen MR) is 144 cm³/mol. The van der Waals surface area contributed by atoms with Crippen molar-refractivity contribution in [3.05, 3.63) is 92.8 Å². The fourth-order valence-electron chi connectivity index (χ4n) is 4.01. The number of benzene rings is 2. The molecule has 0 unspecified atom stereocenters. The van der Waals surface area contributed by atoms with Crippen LogP contribution in [0.15, 0.2) is 75.9 Å². The number of carbonyl (C=O) groups is 1. The van der Waals surface area contributed by atoms with Crippen LogP contribution in [0.4, 0.5) is 5.82 Å². The van der Waals surface area contributed by atoms with E-state index in [2.05, 4.69) is 83.5 Å². The number of carbonyl (C=O) groups excluding carboxylic acids is 1. The Bertz CT molecular complexity index is 1520. The molecule has 0 aliphatic carbocycles. The second-order valence-electron chi connectivity index (χ2n) is 8.36. The molecule has 3 heterocycles. The van der Waals surface area contributed by atoms with Crippen LogP contribution < -0.4 is 5.32 Å². The van der Waals surface area contributed by atoms with Gasteiger partial charge in [-0.15, -0.1) is 0 Å². The van der Waals surface area contributed by atoms with Crippen LogP contribution in [0.2, 0.25) is 0 Å². The summed E-state index contributed by atoms with van der Waals surface area (Å²) in [5.41, 5.74) is 5.96. The second-order valence-corrected chi connectivity index (χ2v) is 10.1. The summed E-state index contributed by atoms with van der Waals surface area (Å²) in [7, 11) is 0. The third kappa shape index (κ3) is 5.06. The maximum atomic E-state index is 12.9. The summed E-state index contributed by atoms with van der Waals surface area (Å²) in [6.07, 6.45) is 3.61. The van der Waals surface area contributed by atoms with E-state index in [1.165, 1.54) is 5.56 Å². The highest BCUT2D eigenvalue weighted by molar-refractivity contribution is 9.10. The van der Waals surface area contributed by atoms with Gasteiger partial charge in [-0.25, -0.2) is 9.67 Å². The van der Waals surface area contributed by atoms with Crippen LogP contribution in [0.3, 0.4) is 0 Å². The number of fused-ring (bicyclic) bond motifs is 1. The van der Waals surface area contributed by atoms with Crippen LogP contribution in [0, 0.1) is 13.8 Å². The van der Waals surface area contributed by atoms with Crippen LogP contribution in [0.5, 0.6) is 0 Å². The van der Waals surface area contributed by atoms with Gasteiger partial charge in [0.05, 0.1) is 16.7 Å². The van der Waals surface area contributed by atoms with E-state index in [1.807, 2.05) is 43.5 Å². The first-order valence-electron chi connectivity index (χ1n) is 11.0. The van der Waals surface area contributed by atoms with Crippen molar-refractivity contribution in [3.63, 3.8) is 0 Å². The lowest BCUT2D eigenvalue weighted by molar-refractivity contribution is -0.116. The number of nitrogens with one attached hydrogen (secondary N) is 1. The Morgan fingerprint density at radius 3 is 2.46 bits per heavy atom. The van der Waals surface area contributed by atoms with Gasteiger partial charge in [0.1, 0.15) is 6.54 Å². The molecule has 0 aliphatic rings. The first kappa shape index (κ1) is 23.4. The summed E-state index contributed by atoms with van der Waals surface area (Å²) in [5, 5.41) is 13.0. The molecule has 0 atom stereocenters. The third-order valence-electron chi connectivity index (χ3n) is 5.70. The summed E-state index contributed by atoms with van der Waals surface area (Å²) in [6.45, 7) is 4.63. The molecule has 0 spiro atoms. The minimum Gasteiger partial charge on any atom is -0.307 e. The Morgan fingerprint density at radius 2 is 1.71 bits per heavy atom. The zero-order valence-electron chi connectivity index (χ0n) is 19.2. The van der Waals surface area contributed by atoms with E-state index in [-0.39, 0.29) is 12.5 Å². The van der Waals surface area contributed by atoms with E-state index in [9.17, 15) is 4.79 Å². The van der Waals surface area contributed by atoms with Crippen LogP contribution >= 0.6 is 31.9 Å². The van der Waals surface area contributed by atoms with E-state index in [1.54, 1.807) is 15.6 Å². The van der Waals surface area contributed by atoms with Gasteiger partial charge in [0.25, 0.3) is 0 Å². The van der Waals surface area contributed by atoms with Gasteiger partial charge >= 0.3 is 0 Å². The third-order valence-corrected chi connectivity index (χ3v) is 6.81. The number of pyridine rings is 1. The Balaban J connectivity index is 1.35. The van der Waals surface area contributed by atoms with Crippen LogP contribution in [-0.2, 0) is 17.9 Å². The molecule has 0 fully saturated rings. The normalized spacial score (nSPS) is 11.2. The van der Waals surface area contributed by atoms with E-state index in [0.29, 0.717) is 22.5 Å². The number of aryl methyl sites for hydroxylation is 2. The molecule has 0 radical (unpaired) electrons. The van der Waals surface area contributed by atoms with Crippen LogP contribution in [-0.4, -0.2) is 30.5 Å². The average Bonchev–Trinajstić information content (AvgIpc) is 3.34.